The number of halogens is 1. The molecule has 0 aromatic carbocycles. The van der Waals surface area contributed by atoms with Crippen molar-refractivity contribution >= 4 is 27.7 Å². The topological polar surface area (TPSA) is 99.3 Å². The molecule has 0 fully saturated rings. The molecule has 0 radical (unpaired) electrons. The van der Waals surface area contributed by atoms with E-state index in [1.54, 1.807) is 13.1 Å². The Kier molecular flexibility index (Phi) is 5.27. The van der Waals surface area contributed by atoms with E-state index in [1.807, 2.05) is 19.0 Å². The van der Waals surface area contributed by atoms with Crippen LogP contribution in [0.4, 0.5) is 11.8 Å². The van der Waals surface area contributed by atoms with Crippen LogP contribution in [-0.4, -0.2) is 52.8 Å². The Balaban J connectivity index is 2.67. The molecule has 0 aliphatic heterocycles. The molecule has 1 atom stereocenters. The molecule has 0 saturated carbocycles. The van der Waals surface area contributed by atoms with E-state index in [1.165, 1.54) is 0 Å². The number of nitrogens with two attached hydrogens (primary N) is 1. The average molecular weight is 319 g/mol. The number of aliphatic hydroxyl groups is 1. The van der Waals surface area contributed by atoms with E-state index in [2.05, 4.69) is 36.6 Å². The second-order valence-electron chi connectivity index (χ2n) is 4.62. The number of hydrazine groups is 1. The number of hydrogen-bond acceptors (Lipinski definition) is 7. The lowest BCUT2D eigenvalue weighted by atomic mass is 10.1. The monoisotopic (exact) mass is 318 g/mol. The van der Waals surface area contributed by atoms with E-state index in [9.17, 15) is 5.11 Å². The quantitative estimate of drug-likeness (QED) is 0.440. The minimum absolute atomic E-state index is 0.313. The third-order valence-corrected chi connectivity index (χ3v) is 2.75. The second kappa shape index (κ2) is 6.28. The molecule has 18 heavy (non-hydrogen) atoms. The Morgan fingerprint density at radius 3 is 2.78 bits per heavy atom. The van der Waals surface area contributed by atoms with Crippen LogP contribution in [0.15, 0.2) is 10.7 Å². The van der Waals surface area contributed by atoms with E-state index >= 15 is 0 Å². The average Bonchev–Trinajstić information content (AvgIpc) is 2.26. The summed E-state index contributed by atoms with van der Waals surface area (Å²) in [5.74, 6) is 6.14. The van der Waals surface area contributed by atoms with Crippen molar-refractivity contribution in [2.75, 3.05) is 37.9 Å². The van der Waals surface area contributed by atoms with Gasteiger partial charge in [-0.15, -0.1) is 0 Å². The molecule has 102 valence electrons. The number of nitrogens with one attached hydrogen (secondary N) is 2. The van der Waals surface area contributed by atoms with Gasteiger partial charge in [0.1, 0.15) is 5.82 Å². The molecule has 1 rings (SSSR count). The molecular formula is C10H19BrN6O. The van der Waals surface area contributed by atoms with Crippen molar-refractivity contribution in [1.29, 1.82) is 0 Å². The maximum atomic E-state index is 10.2. The van der Waals surface area contributed by atoms with Crippen LogP contribution < -0.4 is 16.6 Å². The van der Waals surface area contributed by atoms with Gasteiger partial charge in [0.2, 0.25) is 5.95 Å². The Hall–Kier alpha value is -0.960. The summed E-state index contributed by atoms with van der Waals surface area (Å²) >= 11 is 3.33. The van der Waals surface area contributed by atoms with E-state index in [0.29, 0.717) is 29.3 Å². The molecule has 0 aliphatic carbocycles. The van der Waals surface area contributed by atoms with Gasteiger partial charge in [-0.2, -0.15) is 4.98 Å². The van der Waals surface area contributed by atoms with Crippen LogP contribution in [0, 0.1) is 0 Å². The molecule has 1 aromatic heterocycles. The number of rotatable bonds is 6. The number of nitrogens with zero attached hydrogens (tertiary/aromatic N) is 3. The summed E-state index contributed by atoms with van der Waals surface area (Å²) in [4.78, 5) is 10.0. The second-order valence-corrected chi connectivity index (χ2v) is 5.48. The van der Waals surface area contributed by atoms with Gasteiger partial charge in [0.15, 0.2) is 0 Å². The fourth-order valence-corrected chi connectivity index (χ4v) is 1.90. The highest BCUT2D eigenvalue weighted by Gasteiger charge is 2.21. The summed E-state index contributed by atoms with van der Waals surface area (Å²) in [5, 5.41) is 13.2. The van der Waals surface area contributed by atoms with Crippen molar-refractivity contribution in [1.82, 2.24) is 14.9 Å². The first-order valence-corrected chi connectivity index (χ1v) is 6.23. The molecule has 0 amide bonds. The third kappa shape index (κ3) is 4.73. The number of anilines is 2. The molecule has 7 nitrogen and oxygen atoms in total. The van der Waals surface area contributed by atoms with Crippen molar-refractivity contribution in [2.45, 2.75) is 12.5 Å². The van der Waals surface area contributed by atoms with Gasteiger partial charge in [0, 0.05) is 19.3 Å². The van der Waals surface area contributed by atoms with Gasteiger partial charge in [0.05, 0.1) is 10.1 Å². The van der Waals surface area contributed by atoms with E-state index < -0.39 is 5.60 Å². The summed E-state index contributed by atoms with van der Waals surface area (Å²) in [6, 6.07) is 0. The molecular weight excluding hydrogens is 300 g/mol. The largest absolute Gasteiger partial charge is 0.387 e. The van der Waals surface area contributed by atoms with Crippen molar-refractivity contribution in [2.24, 2.45) is 5.84 Å². The van der Waals surface area contributed by atoms with Crippen LogP contribution in [0.3, 0.4) is 0 Å². The predicted molar refractivity (Wildman–Crippen MR) is 75.2 cm³/mol. The number of nitrogen functional groups attached to an aromatic ring is 1. The van der Waals surface area contributed by atoms with Gasteiger partial charge in [-0.1, -0.05) is 0 Å². The van der Waals surface area contributed by atoms with E-state index in [-0.39, 0.29) is 0 Å². The highest BCUT2D eigenvalue weighted by atomic mass is 79.9. The van der Waals surface area contributed by atoms with Crippen LogP contribution in [0.2, 0.25) is 0 Å². The lowest BCUT2D eigenvalue weighted by molar-refractivity contribution is 0.0459. The summed E-state index contributed by atoms with van der Waals surface area (Å²) in [7, 11) is 3.82. The molecule has 1 heterocycles. The first kappa shape index (κ1) is 15.1. The van der Waals surface area contributed by atoms with Crippen LogP contribution in [0.25, 0.3) is 0 Å². The third-order valence-electron chi connectivity index (χ3n) is 2.17. The Morgan fingerprint density at radius 1 is 1.56 bits per heavy atom. The molecule has 8 heteroatoms. The van der Waals surface area contributed by atoms with Crippen molar-refractivity contribution < 1.29 is 5.11 Å². The normalized spacial score (nSPS) is 14.4. The van der Waals surface area contributed by atoms with E-state index in [0.717, 1.165) is 0 Å². The van der Waals surface area contributed by atoms with Crippen molar-refractivity contribution in [3.8, 4) is 0 Å². The lowest BCUT2D eigenvalue weighted by Crippen LogP contribution is -2.43. The molecule has 0 bridgehead atoms. The molecule has 0 aliphatic rings. The van der Waals surface area contributed by atoms with Gasteiger partial charge in [-0.25, -0.2) is 10.8 Å². The lowest BCUT2D eigenvalue weighted by Gasteiger charge is -2.27. The summed E-state index contributed by atoms with van der Waals surface area (Å²) in [6.45, 7) is 2.67. The van der Waals surface area contributed by atoms with Gasteiger partial charge in [-0.3, -0.25) is 5.43 Å². The zero-order chi connectivity index (χ0) is 13.8. The summed E-state index contributed by atoms with van der Waals surface area (Å²) in [6.07, 6.45) is 1.59. The van der Waals surface area contributed by atoms with Gasteiger partial charge in [0.25, 0.3) is 0 Å². The molecule has 0 spiro atoms. The van der Waals surface area contributed by atoms with Crippen molar-refractivity contribution in [3.63, 3.8) is 0 Å². The predicted octanol–water partition coefficient (Wildman–Crippen LogP) is 0.249. The molecule has 5 N–H and O–H groups in total. The number of hydrogen-bond donors (Lipinski definition) is 4. The minimum Gasteiger partial charge on any atom is -0.387 e. The Morgan fingerprint density at radius 2 is 2.22 bits per heavy atom. The summed E-state index contributed by atoms with van der Waals surface area (Å²) < 4.78 is 0.710. The zero-order valence-corrected chi connectivity index (χ0v) is 12.3. The first-order chi connectivity index (χ1) is 8.34. The molecule has 1 aromatic rings. The summed E-state index contributed by atoms with van der Waals surface area (Å²) in [5.41, 5.74) is 1.51. The highest BCUT2D eigenvalue weighted by molar-refractivity contribution is 9.10. The smallest absolute Gasteiger partial charge is 0.239 e. The number of aromatic nitrogens is 2. The SMILES string of the molecule is CN(C)CC(C)(O)CNc1nc(NN)ncc1Br. The fourth-order valence-electron chi connectivity index (χ4n) is 1.57. The highest BCUT2D eigenvalue weighted by Crippen LogP contribution is 2.20. The standard InChI is InChI=1S/C10H19BrN6O/c1-10(18,6-17(2)3)5-14-8-7(11)4-13-9(15-8)16-12/h4,18H,5-6,12H2,1-3H3,(H2,13,14,15,16). The van der Waals surface area contributed by atoms with Crippen LogP contribution in [-0.2, 0) is 0 Å². The van der Waals surface area contributed by atoms with Crippen molar-refractivity contribution in [3.05, 3.63) is 10.7 Å². The first-order valence-electron chi connectivity index (χ1n) is 5.44. The molecule has 0 saturated heterocycles. The van der Waals surface area contributed by atoms with Crippen LogP contribution in [0.1, 0.15) is 6.92 Å². The van der Waals surface area contributed by atoms with Gasteiger partial charge in [-0.05, 0) is 36.9 Å². The van der Waals surface area contributed by atoms with Crippen LogP contribution >= 0.6 is 15.9 Å². The van der Waals surface area contributed by atoms with Gasteiger partial charge < -0.3 is 15.3 Å². The molecule has 1 unspecified atom stereocenters. The zero-order valence-electron chi connectivity index (χ0n) is 10.7. The number of likely N-dealkylation sites (N-methyl/N-ethyl adjacent to an activating group) is 1. The fraction of sp³-hybridized carbons (Fsp3) is 0.600. The minimum atomic E-state index is -0.857. The maximum Gasteiger partial charge on any atom is 0.239 e. The Bertz CT molecular complexity index is 398. The van der Waals surface area contributed by atoms with Gasteiger partial charge >= 0.3 is 0 Å². The maximum absolute atomic E-state index is 10.2. The van der Waals surface area contributed by atoms with E-state index in [4.69, 9.17) is 5.84 Å². The Labute approximate surface area is 115 Å². The van der Waals surface area contributed by atoms with Crippen LogP contribution in [0.5, 0.6) is 0 Å².